The molecule has 216 valence electrons. The predicted octanol–water partition coefficient (Wildman–Crippen LogP) is -0.526. The minimum Gasteiger partial charge on any atom is -0.477 e. The second-order valence-electron chi connectivity index (χ2n) is 8.39. The van der Waals surface area contributed by atoms with Crippen LogP contribution in [0.1, 0.15) is 24.1 Å². The third-order valence-electron chi connectivity index (χ3n) is 5.65. The van der Waals surface area contributed by atoms with E-state index in [4.69, 9.17) is 24.9 Å². The Bertz CT molecular complexity index is 1430. The van der Waals surface area contributed by atoms with Crippen LogP contribution in [0.2, 0.25) is 0 Å². The Hall–Kier alpha value is -5.17. The predicted molar refractivity (Wildman–Crippen MR) is 132 cm³/mol. The number of nitrogens with two attached hydrogens (primary N) is 1. The smallest absolute Gasteiger partial charge is 0.372 e. The number of nitrogens with zero attached hydrogens (tertiary/aromatic N) is 4. The number of carbonyl (C=O) groups excluding carboxylic acids is 4. The van der Waals surface area contributed by atoms with E-state index >= 15 is 0 Å². The maximum absolute atomic E-state index is 13.0. The lowest BCUT2D eigenvalue weighted by atomic mass is 10.1. The number of hydrogen-bond acceptors (Lipinski definition) is 15. The summed E-state index contributed by atoms with van der Waals surface area (Å²) in [5.74, 6) is -5.35. The van der Waals surface area contributed by atoms with Gasteiger partial charge >= 0.3 is 23.6 Å². The molecule has 41 heavy (non-hydrogen) atoms. The lowest BCUT2D eigenvalue weighted by molar-refractivity contribution is -0.384. The van der Waals surface area contributed by atoms with E-state index in [1.165, 1.54) is 29.6 Å². The van der Waals surface area contributed by atoms with Gasteiger partial charge in [-0.1, -0.05) is 5.16 Å². The summed E-state index contributed by atoms with van der Waals surface area (Å²) >= 11 is 0.965. The van der Waals surface area contributed by atoms with Crippen molar-refractivity contribution in [3.63, 3.8) is 0 Å². The first-order chi connectivity index (χ1) is 19.5. The lowest BCUT2D eigenvalue weighted by Crippen LogP contribution is -2.57. The number of non-ortho nitro benzene ring substituents is 1. The zero-order valence-electron chi connectivity index (χ0n) is 20.7. The van der Waals surface area contributed by atoms with Crippen molar-refractivity contribution in [2.24, 2.45) is 5.16 Å². The number of nitro groups is 1. The van der Waals surface area contributed by atoms with Gasteiger partial charge in [-0.2, -0.15) is 5.06 Å². The maximum Gasteiger partial charge on any atom is 0.372 e. The lowest BCUT2D eigenvalue weighted by Gasteiger charge is -2.30. The molecule has 0 bridgehead atoms. The summed E-state index contributed by atoms with van der Waals surface area (Å²) in [6.45, 7) is -1.44. The first-order valence-corrected chi connectivity index (χ1v) is 12.4. The van der Waals surface area contributed by atoms with Crippen LogP contribution in [0.5, 0.6) is 0 Å². The average molecular weight is 592 g/mol. The van der Waals surface area contributed by atoms with Crippen LogP contribution in [0.25, 0.3) is 0 Å². The average Bonchev–Trinajstić information content (AvgIpc) is 3.64. The highest BCUT2D eigenvalue weighted by molar-refractivity contribution is 7.13. The van der Waals surface area contributed by atoms with Crippen LogP contribution >= 0.6 is 11.3 Å². The third kappa shape index (κ3) is 6.36. The summed E-state index contributed by atoms with van der Waals surface area (Å²) in [6, 6.07) is 3.91. The summed E-state index contributed by atoms with van der Waals surface area (Å²) in [7, 11) is 0. The fourth-order valence-corrected chi connectivity index (χ4v) is 4.20. The normalized spacial score (nSPS) is 20.4. The standard InChI is InChI=1S/C22H20N6O12S/c23-21-25-14(10-41-21)17(26-38-9-16(30)37-7-11-1-3-12(4-2-11)28(35)36)18(31)24-13-8-39-27(19(13)32)22(20(33)34)6-5-15(29)40-22/h1-4,10,13H,5-9H2,(H2,23,25)(H,24,31)(H,33,34)/b26-17-/t13-,22?/m0/s1. The number of carboxylic acids is 1. The summed E-state index contributed by atoms with van der Waals surface area (Å²) in [5, 5.41) is 28.1. The molecule has 2 aliphatic rings. The van der Waals surface area contributed by atoms with Gasteiger partial charge in [0.05, 0.1) is 11.3 Å². The van der Waals surface area contributed by atoms with Crippen molar-refractivity contribution < 1.29 is 53.2 Å². The monoisotopic (exact) mass is 592 g/mol. The Labute approximate surface area is 232 Å². The first-order valence-electron chi connectivity index (χ1n) is 11.5. The molecule has 4 N–H and O–H groups in total. The number of rotatable bonds is 11. The molecule has 0 spiro atoms. The number of oxime groups is 1. The van der Waals surface area contributed by atoms with Crippen molar-refractivity contribution in [1.29, 1.82) is 0 Å². The molecule has 18 nitrogen and oxygen atoms in total. The fraction of sp³-hybridized carbons (Fsp3) is 0.318. The zero-order valence-corrected chi connectivity index (χ0v) is 21.5. The van der Waals surface area contributed by atoms with Gasteiger partial charge in [-0.3, -0.25) is 29.3 Å². The summed E-state index contributed by atoms with van der Waals surface area (Å²) in [5.41, 5.74) is 3.07. The van der Waals surface area contributed by atoms with Crippen molar-refractivity contribution in [3.8, 4) is 0 Å². The molecule has 1 unspecified atom stereocenters. The number of benzene rings is 1. The van der Waals surface area contributed by atoms with Gasteiger partial charge in [0, 0.05) is 23.9 Å². The Morgan fingerprint density at radius 1 is 1.32 bits per heavy atom. The van der Waals surface area contributed by atoms with Crippen molar-refractivity contribution in [2.75, 3.05) is 18.9 Å². The summed E-state index contributed by atoms with van der Waals surface area (Å²) in [4.78, 5) is 85.6. The van der Waals surface area contributed by atoms with Crippen molar-refractivity contribution in [2.45, 2.75) is 31.2 Å². The third-order valence-corrected chi connectivity index (χ3v) is 6.33. The molecule has 2 amide bonds. The van der Waals surface area contributed by atoms with E-state index in [9.17, 15) is 39.2 Å². The number of nitro benzene ring substituents is 1. The van der Waals surface area contributed by atoms with Gasteiger partial charge in [-0.15, -0.1) is 11.3 Å². The minimum absolute atomic E-state index is 0.0563. The van der Waals surface area contributed by atoms with Crippen molar-refractivity contribution >= 4 is 57.6 Å². The highest BCUT2D eigenvalue weighted by Crippen LogP contribution is 2.34. The van der Waals surface area contributed by atoms with Gasteiger partial charge in [0.1, 0.15) is 24.9 Å². The molecule has 0 aliphatic carbocycles. The minimum atomic E-state index is -2.37. The van der Waals surface area contributed by atoms with Gasteiger partial charge in [-0.25, -0.2) is 14.6 Å². The quantitative estimate of drug-likeness (QED) is 0.128. The van der Waals surface area contributed by atoms with Crippen LogP contribution in [-0.4, -0.2) is 80.5 Å². The van der Waals surface area contributed by atoms with E-state index < -0.39 is 65.3 Å². The van der Waals surface area contributed by atoms with Crippen LogP contribution in [0.3, 0.4) is 0 Å². The molecule has 0 saturated carbocycles. The highest BCUT2D eigenvalue weighted by Gasteiger charge is 2.59. The second kappa shape index (κ2) is 11.9. The molecular formula is C22H20N6O12S. The molecule has 2 atom stereocenters. The topological polar surface area (TPSA) is 252 Å². The summed E-state index contributed by atoms with van der Waals surface area (Å²) < 4.78 is 9.88. The Morgan fingerprint density at radius 2 is 2.05 bits per heavy atom. The molecule has 19 heteroatoms. The zero-order chi connectivity index (χ0) is 29.7. The Balaban J connectivity index is 1.38. The first kappa shape index (κ1) is 28.8. The van der Waals surface area contributed by atoms with Gasteiger partial charge in [0.2, 0.25) is 6.61 Å². The number of amides is 2. The number of anilines is 1. The molecule has 3 heterocycles. The van der Waals surface area contributed by atoms with Gasteiger partial charge < -0.3 is 30.5 Å². The SMILES string of the molecule is Nc1nc(/C(=N/OCC(=O)OCc2ccc([N+](=O)[O-])cc2)C(=O)N[C@H]2CON(C3(C(=O)O)CCC(=O)O3)C2=O)cs1. The van der Waals surface area contributed by atoms with Crippen LogP contribution in [0.15, 0.2) is 34.8 Å². The highest BCUT2D eigenvalue weighted by atomic mass is 32.1. The number of aromatic nitrogens is 1. The van der Waals surface area contributed by atoms with Crippen LogP contribution < -0.4 is 11.1 Å². The number of esters is 2. The molecule has 2 aliphatic heterocycles. The summed E-state index contributed by atoms with van der Waals surface area (Å²) in [6.07, 6.45) is -0.612. The van der Waals surface area contributed by atoms with Crippen LogP contribution in [0, 0.1) is 10.1 Å². The number of nitrogen functional groups attached to an aromatic ring is 1. The number of ether oxygens (including phenoxy) is 2. The maximum atomic E-state index is 13.0. The number of aliphatic carboxylic acids is 1. The van der Waals surface area contributed by atoms with E-state index in [-0.39, 0.29) is 36.0 Å². The van der Waals surface area contributed by atoms with Gasteiger partial charge in [0.15, 0.2) is 10.8 Å². The van der Waals surface area contributed by atoms with Gasteiger partial charge in [-0.05, 0) is 17.7 Å². The molecular weight excluding hydrogens is 572 g/mol. The second-order valence-corrected chi connectivity index (χ2v) is 9.28. The molecule has 1 aromatic heterocycles. The van der Waals surface area contributed by atoms with E-state index in [0.717, 1.165) is 11.3 Å². The molecule has 0 radical (unpaired) electrons. The number of carboxylic acid groups (broad SMARTS) is 1. The molecule has 4 rings (SSSR count). The number of carbonyl (C=O) groups is 5. The molecule has 2 saturated heterocycles. The molecule has 2 fully saturated rings. The van der Waals surface area contributed by atoms with E-state index in [0.29, 0.717) is 10.6 Å². The van der Waals surface area contributed by atoms with Crippen LogP contribution in [-0.2, 0) is 49.7 Å². The number of nitrogens with one attached hydrogen (secondary N) is 1. The van der Waals surface area contributed by atoms with E-state index in [2.05, 4.69) is 15.5 Å². The van der Waals surface area contributed by atoms with E-state index in [1.54, 1.807) is 0 Å². The van der Waals surface area contributed by atoms with Crippen molar-refractivity contribution in [3.05, 3.63) is 51.0 Å². The fourth-order valence-electron chi connectivity index (χ4n) is 3.65. The van der Waals surface area contributed by atoms with Gasteiger partial charge in [0.25, 0.3) is 17.5 Å². The number of hydrogen-bond donors (Lipinski definition) is 3. The number of hydroxylamine groups is 2. The Morgan fingerprint density at radius 3 is 2.63 bits per heavy atom. The molecule has 1 aromatic carbocycles. The number of thiazole rings is 1. The number of cyclic esters (lactones) is 1. The van der Waals surface area contributed by atoms with Crippen molar-refractivity contribution in [1.82, 2.24) is 15.4 Å². The van der Waals surface area contributed by atoms with Crippen LogP contribution in [0.4, 0.5) is 10.8 Å². The molecule has 2 aromatic rings. The largest absolute Gasteiger partial charge is 0.477 e. The Kier molecular flexibility index (Phi) is 8.38. The van der Waals surface area contributed by atoms with E-state index in [1.807, 2.05) is 0 Å².